The van der Waals surface area contributed by atoms with Crippen molar-refractivity contribution < 1.29 is 9.59 Å². The third kappa shape index (κ3) is 6.17. The van der Waals surface area contributed by atoms with Gasteiger partial charge in [0.1, 0.15) is 10.7 Å². The van der Waals surface area contributed by atoms with Crippen LogP contribution in [-0.2, 0) is 9.59 Å². The van der Waals surface area contributed by atoms with Gasteiger partial charge in [-0.25, -0.2) is 4.98 Å². The number of aromatic nitrogens is 1. The molecule has 0 radical (unpaired) electrons. The van der Waals surface area contributed by atoms with Gasteiger partial charge in [0.25, 0.3) is 0 Å². The molecule has 25 heavy (non-hydrogen) atoms. The van der Waals surface area contributed by atoms with E-state index in [4.69, 9.17) is 0 Å². The number of amides is 2. The molecule has 1 aromatic carbocycles. The van der Waals surface area contributed by atoms with Crippen LogP contribution in [0, 0.1) is 0 Å². The van der Waals surface area contributed by atoms with Gasteiger partial charge in [-0.05, 0) is 13.3 Å². The van der Waals surface area contributed by atoms with E-state index in [1.165, 1.54) is 23.1 Å². The van der Waals surface area contributed by atoms with Gasteiger partial charge in [-0.1, -0.05) is 66.8 Å². The lowest BCUT2D eigenvalue weighted by Gasteiger charge is -2.04. The lowest BCUT2D eigenvalue weighted by Crippen LogP contribution is -2.24. The van der Waals surface area contributed by atoms with Gasteiger partial charge in [0.15, 0.2) is 4.34 Å². The second-order valence-corrected chi connectivity index (χ2v) is 7.64. The Balaban J connectivity index is 2.17. The first-order chi connectivity index (χ1) is 12.1. The molecule has 0 aliphatic carbocycles. The molecular formula is C18H23N3O2S2. The Hall–Kier alpha value is -1.86. The molecule has 0 atom stereocenters. The van der Waals surface area contributed by atoms with Gasteiger partial charge in [-0.15, -0.1) is 0 Å². The highest BCUT2D eigenvalue weighted by Gasteiger charge is 2.16. The van der Waals surface area contributed by atoms with Crippen LogP contribution in [0.15, 0.2) is 34.7 Å². The number of anilines is 1. The van der Waals surface area contributed by atoms with Crippen LogP contribution in [0.1, 0.15) is 33.1 Å². The number of rotatable bonds is 9. The van der Waals surface area contributed by atoms with Gasteiger partial charge in [-0.3, -0.25) is 9.59 Å². The lowest BCUT2D eigenvalue weighted by molar-refractivity contribution is -0.118. The average molecular weight is 378 g/mol. The second-order valence-electron chi connectivity index (χ2n) is 5.42. The minimum atomic E-state index is -0.0162. The summed E-state index contributed by atoms with van der Waals surface area (Å²) in [6, 6.07) is 9.77. The molecule has 0 saturated heterocycles. The SMILES string of the molecule is CCCCC(=O)Nc1sc(SCC(=O)NCC)nc1-c1ccccc1. The predicted octanol–water partition coefficient (Wildman–Crippen LogP) is 4.17. The zero-order valence-corrected chi connectivity index (χ0v) is 16.1. The fourth-order valence-electron chi connectivity index (χ4n) is 2.14. The largest absolute Gasteiger partial charge is 0.356 e. The van der Waals surface area contributed by atoms with Crippen molar-refractivity contribution in [3.63, 3.8) is 0 Å². The van der Waals surface area contributed by atoms with E-state index in [-0.39, 0.29) is 11.8 Å². The molecule has 0 spiro atoms. The first-order valence-corrected chi connectivity index (χ1v) is 10.2. The molecule has 5 nitrogen and oxygen atoms in total. The summed E-state index contributed by atoms with van der Waals surface area (Å²) >= 11 is 2.80. The first kappa shape index (κ1) is 19.5. The van der Waals surface area contributed by atoms with E-state index in [1.807, 2.05) is 37.3 Å². The monoisotopic (exact) mass is 377 g/mol. The Bertz CT molecular complexity index is 702. The van der Waals surface area contributed by atoms with E-state index in [1.54, 1.807) is 0 Å². The van der Waals surface area contributed by atoms with Gasteiger partial charge in [0, 0.05) is 18.5 Å². The summed E-state index contributed by atoms with van der Waals surface area (Å²) in [6.45, 7) is 4.57. The molecule has 0 unspecified atom stereocenters. The third-order valence-electron chi connectivity index (χ3n) is 3.37. The van der Waals surface area contributed by atoms with E-state index in [9.17, 15) is 9.59 Å². The topological polar surface area (TPSA) is 71.1 Å². The molecule has 0 aliphatic heterocycles. The molecule has 2 N–H and O–H groups in total. The van der Waals surface area contributed by atoms with Crippen molar-refractivity contribution in [3.05, 3.63) is 30.3 Å². The smallest absolute Gasteiger partial charge is 0.230 e. The van der Waals surface area contributed by atoms with E-state index >= 15 is 0 Å². The summed E-state index contributed by atoms with van der Waals surface area (Å²) < 4.78 is 0.774. The zero-order valence-electron chi connectivity index (χ0n) is 14.5. The van der Waals surface area contributed by atoms with Crippen molar-refractivity contribution in [2.45, 2.75) is 37.4 Å². The van der Waals surface area contributed by atoms with Crippen molar-refractivity contribution in [1.29, 1.82) is 0 Å². The number of carbonyl (C=O) groups excluding carboxylic acids is 2. The maximum atomic E-state index is 12.1. The Kier molecular flexibility index (Phi) is 7.94. The molecule has 0 aliphatic rings. The minimum absolute atomic E-state index is 0.00274. The molecule has 2 aromatic rings. The van der Waals surface area contributed by atoms with Crippen LogP contribution < -0.4 is 10.6 Å². The summed E-state index contributed by atoms with van der Waals surface area (Å²) in [4.78, 5) is 28.4. The fourth-order valence-corrected chi connectivity index (χ4v) is 4.05. The number of benzene rings is 1. The van der Waals surface area contributed by atoms with Gasteiger partial charge in [-0.2, -0.15) is 0 Å². The molecule has 7 heteroatoms. The summed E-state index contributed by atoms with van der Waals surface area (Å²) in [7, 11) is 0. The molecule has 1 aromatic heterocycles. The van der Waals surface area contributed by atoms with Gasteiger partial charge in [0.2, 0.25) is 11.8 Å². The van der Waals surface area contributed by atoms with Crippen LogP contribution in [0.25, 0.3) is 11.3 Å². The highest BCUT2D eigenvalue weighted by molar-refractivity contribution is 8.01. The number of carbonyl (C=O) groups is 2. The minimum Gasteiger partial charge on any atom is -0.356 e. The molecule has 2 rings (SSSR count). The lowest BCUT2D eigenvalue weighted by atomic mass is 10.1. The number of nitrogens with one attached hydrogen (secondary N) is 2. The highest BCUT2D eigenvalue weighted by atomic mass is 32.2. The number of unbranched alkanes of at least 4 members (excludes halogenated alkanes) is 1. The summed E-state index contributed by atoms with van der Waals surface area (Å²) in [6.07, 6.45) is 2.35. The Morgan fingerprint density at radius 2 is 1.92 bits per heavy atom. The van der Waals surface area contributed by atoms with E-state index in [0.29, 0.717) is 18.7 Å². The number of thioether (sulfide) groups is 1. The normalized spacial score (nSPS) is 10.5. The predicted molar refractivity (Wildman–Crippen MR) is 105 cm³/mol. The van der Waals surface area contributed by atoms with Crippen molar-refractivity contribution in [3.8, 4) is 11.3 Å². The van der Waals surface area contributed by atoms with Crippen molar-refractivity contribution >= 4 is 39.9 Å². The van der Waals surface area contributed by atoms with Crippen LogP contribution in [-0.4, -0.2) is 29.1 Å². The van der Waals surface area contributed by atoms with Crippen LogP contribution in [0.2, 0.25) is 0 Å². The van der Waals surface area contributed by atoms with Crippen molar-refractivity contribution in [2.24, 2.45) is 0 Å². The molecule has 0 saturated carbocycles. The van der Waals surface area contributed by atoms with Gasteiger partial charge >= 0.3 is 0 Å². The number of thiazole rings is 1. The van der Waals surface area contributed by atoms with Gasteiger partial charge < -0.3 is 10.6 Å². The standard InChI is InChI=1S/C18H23N3O2S2/c1-3-5-11-14(22)20-17-16(13-9-7-6-8-10-13)21-18(25-17)24-12-15(23)19-4-2/h6-10H,3-5,11-12H2,1-2H3,(H,19,23)(H,20,22). The Morgan fingerprint density at radius 1 is 1.16 bits per heavy atom. The summed E-state index contributed by atoms with van der Waals surface area (Å²) in [5.74, 6) is 0.305. The van der Waals surface area contributed by atoms with E-state index in [2.05, 4.69) is 22.5 Å². The van der Waals surface area contributed by atoms with Crippen LogP contribution >= 0.6 is 23.1 Å². The Labute approximate surface area is 156 Å². The van der Waals surface area contributed by atoms with Crippen molar-refractivity contribution in [2.75, 3.05) is 17.6 Å². The molecular weight excluding hydrogens is 354 g/mol. The average Bonchev–Trinajstić information content (AvgIpc) is 3.02. The molecule has 2 amide bonds. The van der Waals surface area contributed by atoms with E-state index in [0.717, 1.165) is 33.4 Å². The van der Waals surface area contributed by atoms with Gasteiger partial charge in [0.05, 0.1) is 5.75 Å². The Morgan fingerprint density at radius 3 is 2.60 bits per heavy atom. The maximum absolute atomic E-state index is 12.1. The highest BCUT2D eigenvalue weighted by Crippen LogP contribution is 2.37. The summed E-state index contributed by atoms with van der Waals surface area (Å²) in [5, 5.41) is 6.49. The van der Waals surface area contributed by atoms with Crippen LogP contribution in [0.5, 0.6) is 0 Å². The fraction of sp³-hybridized carbons (Fsp3) is 0.389. The number of hydrogen-bond acceptors (Lipinski definition) is 5. The molecule has 0 bridgehead atoms. The molecule has 134 valence electrons. The van der Waals surface area contributed by atoms with E-state index < -0.39 is 0 Å². The third-order valence-corrected chi connectivity index (χ3v) is 5.48. The van der Waals surface area contributed by atoms with Crippen molar-refractivity contribution in [1.82, 2.24) is 10.3 Å². The zero-order chi connectivity index (χ0) is 18.1. The first-order valence-electron chi connectivity index (χ1n) is 8.39. The van der Waals surface area contributed by atoms with Crippen LogP contribution in [0.3, 0.4) is 0 Å². The summed E-state index contributed by atoms with van der Waals surface area (Å²) in [5.41, 5.74) is 1.71. The number of nitrogens with zero attached hydrogens (tertiary/aromatic N) is 1. The quantitative estimate of drug-likeness (QED) is 0.644. The second kappa shape index (κ2) is 10.2. The maximum Gasteiger partial charge on any atom is 0.230 e. The van der Waals surface area contributed by atoms with Crippen LogP contribution in [0.4, 0.5) is 5.00 Å². The molecule has 1 heterocycles. The molecule has 0 fully saturated rings. The number of hydrogen-bond donors (Lipinski definition) is 2.